The predicted molar refractivity (Wildman–Crippen MR) is 264 cm³/mol. The number of fused-ring (bicyclic) bond motifs is 6. The number of esters is 2. The minimum absolute atomic E-state index is 0.0234. The maximum Gasteiger partial charge on any atom is 0.327 e. The van der Waals surface area contributed by atoms with Crippen molar-refractivity contribution in [1.82, 2.24) is 15.7 Å². The number of hydrogen-bond acceptors (Lipinski definition) is 13. The molecule has 0 spiro atoms. The lowest BCUT2D eigenvalue weighted by Crippen LogP contribution is -2.71. The third-order valence-electron chi connectivity index (χ3n) is 16.7. The van der Waals surface area contributed by atoms with Crippen molar-refractivity contribution in [3.8, 4) is 0 Å². The van der Waals surface area contributed by atoms with Gasteiger partial charge in [-0.2, -0.15) is 5.06 Å². The first-order chi connectivity index (χ1) is 34.2. The van der Waals surface area contributed by atoms with E-state index < -0.39 is 95.8 Å². The quantitative estimate of drug-likeness (QED) is 0.102. The zero-order valence-electron chi connectivity index (χ0n) is 42.5. The SMILES string of the molecule is C[C@H](O)[C@@H](NC(=O)[C@@]12C[C@H]3OC(=O)[C@@H]1N(Cc1cccc(C=C4CCC5O[C@]5(C)CC[C@@H]5[C@@H]4CC5(C)C)c1)O[C@@H]2[C@H]1OC(c2ccccc2)(c2ccccc2)O[C@H]13)C(=O)N[C@H](CO)CCC(=O)OC(C)(C)C. The topological polar surface area (TPSA) is 195 Å². The summed E-state index contributed by atoms with van der Waals surface area (Å²) in [5, 5.41) is 28.5. The van der Waals surface area contributed by atoms with Gasteiger partial charge in [0, 0.05) is 24.0 Å². The molecule has 1 unspecified atom stereocenters. The van der Waals surface area contributed by atoms with E-state index in [9.17, 15) is 24.6 Å². The molecule has 3 aromatic carbocycles. The van der Waals surface area contributed by atoms with Gasteiger partial charge >= 0.3 is 11.9 Å². The van der Waals surface area contributed by atoms with E-state index >= 15 is 4.79 Å². The lowest BCUT2D eigenvalue weighted by molar-refractivity contribution is -0.213. The zero-order valence-corrected chi connectivity index (χ0v) is 42.5. The number of amides is 2. The number of aliphatic hydroxyl groups is 2. The molecular weight excluding hydrogens is 919 g/mol. The average Bonchev–Trinajstić information content (AvgIpc) is 3.60. The van der Waals surface area contributed by atoms with E-state index in [-0.39, 0.29) is 42.9 Å². The van der Waals surface area contributed by atoms with Crippen molar-refractivity contribution in [3.63, 3.8) is 0 Å². The number of ether oxygens (including phenoxy) is 5. The van der Waals surface area contributed by atoms with E-state index in [1.165, 1.54) is 17.6 Å². The Hall–Kier alpha value is -5.00. The molecule has 15 heteroatoms. The van der Waals surface area contributed by atoms with Gasteiger partial charge in [-0.3, -0.25) is 24.0 Å². The van der Waals surface area contributed by atoms with Crippen molar-refractivity contribution < 1.29 is 57.9 Å². The van der Waals surface area contributed by atoms with E-state index in [0.29, 0.717) is 23.0 Å². The van der Waals surface area contributed by atoms with Gasteiger partial charge in [0.1, 0.15) is 41.5 Å². The minimum Gasteiger partial charge on any atom is -0.460 e. The lowest BCUT2D eigenvalue weighted by atomic mass is 9.52. The number of allylic oxidation sites excluding steroid dienone is 1. The van der Waals surface area contributed by atoms with Crippen LogP contribution < -0.4 is 10.6 Å². The van der Waals surface area contributed by atoms with E-state index in [1.807, 2.05) is 72.8 Å². The Morgan fingerprint density at radius 2 is 1.60 bits per heavy atom. The third kappa shape index (κ3) is 9.32. The molecule has 4 N–H and O–H groups in total. The number of nitrogens with one attached hydrogen (secondary N) is 2. The summed E-state index contributed by atoms with van der Waals surface area (Å²) in [6.45, 7) is 13.2. The normalized spacial score (nSPS) is 33.7. The van der Waals surface area contributed by atoms with Crippen molar-refractivity contribution >= 4 is 29.8 Å². The molecule has 3 aliphatic carbocycles. The van der Waals surface area contributed by atoms with Gasteiger partial charge in [-0.05, 0) is 102 Å². The fourth-order valence-corrected chi connectivity index (χ4v) is 12.9. The van der Waals surface area contributed by atoms with E-state index in [0.717, 1.165) is 43.2 Å². The van der Waals surface area contributed by atoms with Crippen LogP contribution in [0.25, 0.3) is 6.08 Å². The Labute approximate surface area is 422 Å². The number of epoxide rings is 1. The van der Waals surface area contributed by atoms with Crippen LogP contribution in [-0.2, 0) is 60.0 Å². The summed E-state index contributed by atoms with van der Waals surface area (Å²) < 4.78 is 32.2. The lowest BCUT2D eigenvalue weighted by Gasteiger charge is -2.53. The van der Waals surface area contributed by atoms with Crippen LogP contribution in [-0.4, -0.2) is 112 Å². The first-order valence-corrected chi connectivity index (χ1v) is 25.9. The molecule has 2 bridgehead atoms. The number of benzene rings is 3. The molecule has 15 nitrogen and oxygen atoms in total. The Bertz CT molecular complexity index is 2520. The van der Waals surface area contributed by atoms with Crippen LogP contribution in [0.2, 0.25) is 0 Å². The largest absolute Gasteiger partial charge is 0.460 e. The number of hydroxylamine groups is 2. The second-order valence-electron chi connectivity index (χ2n) is 23.3. The molecule has 386 valence electrons. The van der Waals surface area contributed by atoms with Gasteiger partial charge in [-0.15, -0.1) is 0 Å². The highest BCUT2D eigenvalue weighted by Crippen LogP contribution is 2.61. The molecule has 13 atom stereocenters. The average molecular weight is 990 g/mol. The number of rotatable bonds is 14. The van der Waals surface area contributed by atoms with Crippen LogP contribution >= 0.6 is 0 Å². The maximum atomic E-state index is 15.5. The molecule has 10 rings (SSSR count). The molecule has 7 aliphatic rings. The second kappa shape index (κ2) is 19.0. The van der Waals surface area contributed by atoms with Crippen LogP contribution in [0, 0.1) is 22.7 Å². The molecule has 3 saturated carbocycles. The maximum absolute atomic E-state index is 15.5. The van der Waals surface area contributed by atoms with Crippen LogP contribution in [0.5, 0.6) is 0 Å². The Morgan fingerprint density at radius 1 is 0.903 bits per heavy atom. The summed E-state index contributed by atoms with van der Waals surface area (Å²) in [5.41, 5.74) is 2.49. The highest BCUT2D eigenvalue weighted by Gasteiger charge is 2.77. The third-order valence-corrected chi connectivity index (χ3v) is 16.7. The van der Waals surface area contributed by atoms with E-state index in [1.54, 1.807) is 20.8 Å². The fraction of sp³-hybridized carbons (Fsp3) is 0.579. The summed E-state index contributed by atoms with van der Waals surface area (Å²) in [5.74, 6) is -3.12. The molecule has 3 aromatic rings. The highest BCUT2D eigenvalue weighted by atomic mass is 16.8. The van der Waals surface area contributed by atoms with Gasteiger partial charge in [-0.25, -0.2) is 0 Å². The Morgan fingerprint density at radius 3 is 2.25 bits per heavy atom. The molecule has 4 aliphatic heterocycles. The fourth-order valence-electron chi connectivity index (χ4n) is 12.9. The van der Waals surface area contributed by atoms with Crippen molar-refractivity contribution in [2.75, 3.05) is 6.61 Å². The van der Waals surface area contributed by atoms with Crippen molar-refractivity contribution in [1.29, 1.82) is 0 Å². The minimum atomic E-state index is -1.71. The number of carbonyl (C=O) groups excluding carboxylic acids is 4. The van der Waals surface area contributed by atoms with Gasteiger partial charge in [0.15, 0.2) is 6.04 Å². The number of nitrogens with zero attached hydrogens (tertiary/aromatic N) is 1. The molecular formula is C57H71N3O12. The molecule has 2 amide bonds. The van der Waals surface area contributed by atoms with Gasteiger partial charge < -0.3 is 44.5 Å². The smallest absolute Gasteiger partial charge is 0.327 e. The molecule has 72 heavy (non-hydrogen) atoms. The van der Waals surface area contributed by atoms with Crippen LogP contribution in [0.15, 0.2) is 90.5 Å². The standard InChI is InChI=1S/C57H71N3O12/c1-33(62)45(50(64)58-39(32-61)22-24-44(63)69-53(2,3)4)59-52(66)56-30-42-46-47(71-57(70-46,37-17-10-8-11-18-37)38-19-12-9-13-20-38)49(56)72-60(48(56)51(65)67-42)31-35-16-14-15-34(27-35)28-36-21-23-43-55(7,68-43)26-25-41-40(36)29-54(41,5)6/h8-20,27-28,33,39-43,45-49,61-62H,21-26,29-32H2,1-7H3,(H,58,64)(H,59,66)/t33-,39-,40+,41+,42+,43?,45+,46-,47-,48-,49+,55+,56-/m0/s1. The molecule has 7 fully saturated rings. The monoisotopic (exact) mass is 990 g/mol. The Balaban J connectivity index is 0.971. The number of hydrogen-bond donors (Lipinski definition) is 4. The summed E-state index contributed by atoms with van der Waals surface area (Å²) in [7, 11) is 0. The van der Waals surface area contributed by atoms with Crippen LogP contribution in [0.4, 0.5) is 0 Å². The Kier molecular flexibility index (Phi) is 13.4. The molecule has 4 saturated heterocycles. The van der Waals surface area contributed by atoms with Crippen molar-refractivity contribution in [3.05, 3.63) is 113 Å². The predicted octanol–water partition coefficient (Wildman–Crippen LogP) is 6.41. The molecule has 0 aromatic heterocycles. The van der Waals surface area contributed by atoms with Gasteiger partial charge in [0.2, 0.25) is 17.6 Å². The van der Waals surface area contributed by atoms with Crippen LogP contribution in [0.1, 0.15) is 122 Å². The first kappa shape index (κ1) is 50.5. The summed E-state index contributed by atoms with van der Waals surface area (Å²) in [6, 6.07) is 23.4. The summed E-state index contributed by atoms with van der Waals surface area (Å²) >= 11 is 0. The number of aliphatic hydroxyl groups excluding tert-OH is 2. The van der Waals surface area contributed by atoms with Crippen molar-refractivity contribution in [2.45, 2.75) is 178 Å². The second-order valence-corrected chi connectivity index (χ2v) is 23.3. The van der Waals surface area contributed by atoms with Gasteiger partial charge in [-0.1, -0.05) is 110 Å². The molecule has 0 radical (unpaired) electrons. The van der Waals surface area contributed by atoms with Gasteiger partial charge in [0.25, 0.3) is 0 Å². The highest BCUT2D eigenvalue weighted by molar-refractivity contribution is 5.96. The first-order valence-electron chi connectivity index (χ1n) is 25.9. The van der Waals surface area contributed by atoms with Gasteiger partial charge in [0.05, 0.1) is 37.0 Å². The van der Waals surface area contributed by atoms with Crippen LogP contribution in [0.3, 0.4) is 0 Å². The molecule has 4 heterocycles. The van der Waals surface area contributed by atoms with Crippen molar-refractivity contribution in [2.24, 2.45) is 22.7 Å². The van der Waals surface area contributed by atoms with E-state index in [2.05, 4.69) is 49.6 Å². The number of carbonyl (C=O) groups is 4. The zero-order chi connectivity index (χ0) is 51.0. The summed E-state index contributed by atoms with van der Waals surface area (Å²) in [4.78, 5) is 63.9. The van der Waals surface area contributed by atoms with E-state index in [4.69, 9.17) is 28.5 Å². The summed E-state index contributed by atoms with van der Waals surface area (Å²) in [6.07, 6.45) is 2.44.